The third kappa shape index (κ3) is 5.06. The normalized spacial score (nSPS) is 16.3. The van der Waals surface area contributed by atoms with Crippen LogP contribution in [-0.4, -0.2) is 36.2 Å². The molecule has 1 atom stereocenters. The van der Waals surface area contributed by atoms with Gasteiger partial charge in [-0.2, -0.15) is 0 Å². The fourth-order valence-electron chi connectivity index (χ4n) is 3.25. The Morgan fingerprint density at radius 3 is 2.61 bits per heavy atom. The fourth-order valence-corrected chi connectivity index (χ4v) is 3.25. The van der Waals surface area contributed by atoms with Crippen molar-refractivity contribution in [2.45, 2.75) is 51.0 Å². The Kier molecular flexibility index (Phi) is 5.77. The summed E-state index contributed by atoms with van der Waals surface area (Å²) >= 11 is 0. The lowest BCUT2D eigenvalue weighted by Crippen LogP contribution is -2.51. The first kappa shape index (κ1) is 17.5. The summed E-state index contributed by atoms with van der Waals surface area (Å²) < 4.78 is 5.06. The van der Waals surface area contributed by atoms with E-state index in [-0.39, 0.29) is 25.4 Å². The second kappa shape index (κ2) is 7.59. The minimum absolute atomic E-state index is 0.162. The van der Waals surface area contributed by atoms with Crippen molar-refractivity contribution in [2.24, 2.45) is 0 Å². The second-order valence-electron chi connectivity index (χ2n) is 6.60. The molecule has 2 N–H and O–H groups in total. The SMILES string of the molecule is COCC(C)(CC(=O)O)NC(=O)Cc1ccc2c(c1)CCCC2. The lowest BCUT2D eigenvalue weighted by Gasteiger charge is -2.28. The van der Waals surface area contributed by atoms with Crippen LogP contribution in [0, 0.1) is 0 Å². The van der Waals surface area contributed by atoms with E-state index in [1.807, 2.05) is 6.07 Å². The number of nitrogens with one attached hydrogen (secondary N) is 1. The van der Waals surface area contributed by atoms with Gasteiger partial charge in [0.05, 0.1) is 25.0 Å². The maximum Gasteiger partial charge on any atom is 0.305 e. The summed E-state index contributed by atoms with van der Waals surface area (Å²) in [6.45, 7) is 1.85. The van der Waals surface area contributed by atoms with Crippen molar-refractivity contribution < 1.29 is 19.4 Å². The molecule has 0 radical (unpaired) electrons. The lowest BCUT2D eigenvalue weighted by atomic mass is 9.90. The highest BCUT2D eigenvalue weighted by atomic mass is 16.5. The van der Waals surface area contributed by atoms with E-state index in [0.717, 1.165) is 18.4 Å². The lowest BCUT2D eigenvalue weighted by molar-refractivity contribution is -0.139. The highest BCUT2D eigenvalue weighted by molar-refractivity contribution is 5.80. The third-order valence-electron chi connectivity index (χ3n) is 4.22. The van der Waals surface area contributed by atoms with Crippen LogP contribution in [0.4, 0.5) is 0 Å². The van der Waals surface area contributed by atoms with E-state index in [2.05, 4.69) is 17.4 Å². The first-order chi connectivity index (χ1) is 10.9. The fraction of sp³-hybridized carbons (Fsp3) is 0.556. The summed E-state index contributed by atoms with van der Waals surface area (Å²) in [6, 6.07) is 6.22. The van der Waals surface area contributed by atoms with Gasteiger partial charge in [0.15, 0.2) is 0 Å². The van der Waals surface area contributed by atoms with Crippen molar-refractivity contribution in [2.75, 3.05) is 13.7 Å². The van der Waals surface area contributed by atoms with Gasteiger partial charge in [-0.25, -0.2) is 0 Å². The summed E-state index contributed by atoms with van der Waals surface area (Å²) in [5, 5.41) is 11.8. The Labute approximate surface area is 137 Å². The Balaban J connectivity index is 2.01. The number of aryl methyl sites for hydroxylation is 2. The van der Waals surface area contributed by atoms with E-state index in [0.29, 0.717) is 0 Å². The van der Waals surface area contributed by atoms with Crippen LogP contribution in [0.25, 0.3) is 0 Å². The zero-order chi connectivity index (χ0) is 16.9. The number of hydrogen-bond acceptors (Lipinski definition) is 3. The van der Waals surface area contributed by atoms with Gasteiger partial charge in [0.2, 0.25) is 5.91 Å². The molecule has 1 aromatic carbocycles. The Bertz CT molecular complexity index is 584. The first-order valence-corrected chi connectivity index (χ1v) is 8.04. The van der Waals surface area contributed by atoms with Crippen LogP contribution in [0.1, 0.15) is 42.9 Å². The highest BCUT2D eigenvalue weighted by Crippen LogP contribution is 2.22. The number of aliphatic carboxylic acids is 1. The maximum atomic E-state index is 12.3. The number of amides is 1. The number of carboxylic acid groups (broad SMARTS) is 1. The average Bonchev–Trinajstić information content (AvgIpc) is 2.45. The molecule has 0 bridgehead atoms. The molecule has 1 unspecified atom stereocenters. The quantitative estimate of drug-likeness (QED) is 0.807. The van der Waals surface area contributed by atoms with Gasteiger partial charge >= 0.3 is 5.97 Å². The summed E-state index contributed by atoms with van der Waals surface area (Å²) in [7, 11) is 1.50. The molecule has 0 aromatic heterocycles. The van der Waals surface area contributed by atoms with E-state index >= 15 is 0 Å². The summed E-state index contributed by atoms with van der Waals surface area (Å²) in [6.07, 6.45) is 4.71. The topological polar surface area (TPSA) is 75.6 Å². The molecule has 23 heavy (non-hydrogen) atoms. The number of carboxylic acids is 1. The van der Waals surface area contributed by atoms with E-state index in [1.165, 1.54) is 31.1 Å². The first-order valence-electron chi connectivity index (χ1n) is 8.04. The Hall–Kier alpha value is -1.88. The molecule has 0 heterocycles. The summed E-state index contributed by atoms with van der Waals surface area (Å²) in [5.41, 5.74) is 2.80. The van der Waals surface area contributed by atoms with Crippen molar-refractivity contribution in [3.63, 3.8) is 0 Å². The van der Waals surface area contributed by atoms with Gasteiger partial charge in [0, 0.05) is 7.11 Å². The molecule has 0 fully saturated rings. The van der Waals surface area contributed by atoms with Crippen LogP contribution in [0.2, 0.25) is 0 Å². The van der Waals surface area contributed by atoms with Gasteiger partial charge in [0.1, 0.15) is 0 Å². The maximum absolute atomic E-state index is 12.3. The number of carbonyl (C=O) groups excluding carboxylic acids is 1. The molecule has 5 heteroatoms. The molecule has 126 valence electrons. The predicted octanol–water partition coefficient (Wildman–Crippen LogP) is 2.10. The molecular formula is C18H25NO4. The molecular weight excluding hydrogens is 294 g/mol. The minimum atomic E-state index is -0.960. The standard InChI is InChI=1S/C18H25NO4/c1-18(12-23-2,11-17(21)22)19-16(20)10-13-7-8-14-5-3-4-6-15(14)9-13/h7-9H,3-6,10-12H2,1-2H3,(H,19,20)(H,21,22). The molecule has 0 spiro atoms. The van der Waals surface area contributed by atoms with E-state index in [9.17, 15) is 9.59 Å². The molecule has 1 amide bonds. The van der Waals surface area contributed by atoms with Crippen molar-refractivity contribution in [3.8, 4) is 0 Å². The molecule has 0 saturated heterocycles. The smallest absolute Gasteiger partial charge is 0.305 e. The van der Waals surface area contributed by atoms with E-state index in [4.69, 9.17) is 9.84 Å². The molecule has 1 aliphatic carbocycles. The molecule has 2 rings (SSSR count). The molecule has 5 nitrogen and oxygen atoms in total. The van der Waals surface area contributed by atoms with Crippen LogP contribution in [0.3, 0.4) is 0 Å². The molecule has 0 aliphatic heterocycles. The number of fused-ring (bicyclic) bond motifs is 1. The number of rotatable bonds is 7. The monoisotopic (exact) mass is 319 g/mol. The van der Waals surface area contributed by atoms with Gasteiger partial charge < -0.3 is 15.2 Å². The van der Waals surface area contributed by atoms with Crippen LogP contribution in [0.5, 0.6) is 0 Å². The zero-order valence-electron chi connectivity index (χ0n) is 13.9. The van der Waals surface area contributed by atoms with Gasteiger partial charge in [-0.05, 0) is 49.3 Å². The van der Waals surface area contributed by atoms with Gasteiger partial charge in [0.25, 0.3) is 0 Å². The van der Waals surface area contributed by atoms with Crippen LogP contribution >= 0.6 is 0 Å². The number of carbonyl (C=O) groups is 2. The molecule has 1 aromatic rings. The molecule has 1 aliphatic rings. The van der Waals surface area contributed by atoms with Crippen molar-refractivity contribution in [3.05, 3.63) is 34.9 Å². The Morgan fingerprint density at radius 1 is 1.26 bits per heavy atom. The predicted molar refractivity (Wildman–Crippen MR) is 87.5 cm³/mol. The van der Waals surface area contributed by atoms with E-state index < -0.39 is 11.5 Å². The Morgan fingerprint density at radius 2 is 1.96 bits per heavy atom. The second-order valence-corrected chi connectivity index (χ2v) is 6.60. The largest absolute Gasteiger partial charge is 0.481 e. The van der Waals surface area contributed by atoms with E-state index in [1.54, 1.807) is 6.92 Å². The van der Waals surface area contributed by atoms with Gasteiger partial charge in [-0.15, -0.1) is 0 Å². The van der Waals surface area contributed by atoms with Crippen molar-refractivity contribution in [1.82, 2.24) is 5.32 Å². The number of hydrogen-bond donors (Lipinski definition) is 2. The van der Waals surface area contributed by atoms with Gasteiger partial charge in [-0.3, -0.25) is 9.59 Å². The summed E-state index contributed by atoms with van der Waals surface area (Å²) in [5.74, 6) is -1.14. The van der Waals surface area contributed by atoms with Crippen LogP contribution < -0.4 is 5.32 Å². The van der Waals surface area contributed by atoms with Crippen molar-refractivity contribution >= 4 is 11.9 Å². The van der Waals surface area contributed by atoms with Gasteiger partial charge in [-0.1, -0.05) is 18.2 Å². The minimum Gasteiger partial charge on any atom is -0.481 e. The third-order valence-corrected chi connectivity index (χ3v) is 4.22. The van der Waals surface area contributed by atoms with Crippen LogP contribution in [-0.2, 0) is 33.6 Å². The van der Waals surface area contributed by atoms with Crippen LogP contribution in [0.15, 0.2) is 18.2 Å². The number of ether oxygens (including phenoxy) is 1. The van der Waals surface area contributed by atoms with Crippen molar-refractivity contribution in [1.29, 1.82) is 0 Å². The molecule has 0 saturated carbocycles. The average molecular weight is 319 g/mol. The summed E-state index contributed by atoms with van der Waals surface area (Å²) in [4.78, 5) is 23.3. The number of methoxy groups -OCH3 is 1. The zero-order valence-corrected chi connectivity index (χ0v) is 13.9. The number of benzene rings is 1. The highest BCUT2D eigenvalue weighted by Gasteiger charge is 2.29.